The van der Waals surface area contributed by atoms with Crippen molar-refractivity contribution in [2.24, 2.45) is 0 Å². The van der Waals surface area contributed by atoms with Gasteiger partial charge in [-0.1, -0.05) is 6.07 Å². The third-order valence-electron chi connectivity index (χ3n) is 5.87. The average molecular weight is 492 g/mol. The monoisotopic (exact) mass is 491 g/mol. The van der Waals surface area contributed by atoms with Gasteiger partial charge in [0.15, 0.2) is 27.1 Å². The Morgan fingerprint density at radius 2 is 1.76 bits per heavy atom. The summed E-state index contributed by atoms with van der Waals surface area (Å²) in [7, 11) is -3.25. The molecule has 3 heterocycles. The standard InChI is InChI=1S/C23H23F2N3O5S/c1-34(29,30)20-5-3-18(4-6-20)31-19-13-26-28(15-19)17-8-10-27(11-9-17)14-16-2-7-21-22(12-16)33-23(24,25)32-21/h2-7,12-13,15,17H,8-11,14H2,1H3. The average Bonchev–Trinajstić information content (AvgIpc) is 3.36. The van der Waals surface area contributed by atoms with Gasteiger partial charge in [0.25, 0.3) is 0 Å². The summed E-state index contributed by atoms with van der Waals surface area (Å²) in [6.45, 7) is 2.29. The van der Waals surface area contributed by atoms with Crippen LogP contribution < -0.4 is 14.2 Å². The fourth-order valence-corrected chi connectivity index (χ4v) is 4.79. The molecule has 2 aromatic carbocycles. The van der Waals surface area contributed by atoms with Crippen LogP contribution in [-0.4, -0.2) is 48.7 Å². The molecule has 0 spiro atoms. The molecule has 8 nitrogen and oxygen atoms in total. The van der Waals surface area contributed by atoms with Crippen molar-refractivity contribution in [1.82, 2.24) is 14.7 Å². The Kier molecular flexibility index (Phi) is 5.68. The first-order valence-electron chi connectivity index (χ1n) is 10.8. The minimum atomic E-state index is -3.61. The Bertz CT molecular complexity index is 1290. The molecule has 1 saturated heterocycles. The second kappa shape index (κ2) is 8.55. The maximum absolute atomic E-state index is 13.2. The van der Waals surface area contributed by atoms with E-state index in [2.05, 4.69) is 19.5 Å². The maximum atomic E-state index is 13.2. The van der Waals surface area contributed by atoms with Crippen LogP contribution in [0.4, 0.5) is 8.78 Å². The molecule has 2 aliphatic rings. The van der Waals surface area contributed by atoms with E-state index in [1.54, 1.807) is 30.5 Å². The number of halogens is 2. The summed E-state index contributed by atoms with van der Waals surface area (Å²) in [5, 5.41) is 4.43. The van der Waals surface area contributed by atoms with Crippen LogP contribution in [0.1, 0.15) is 24.4 Å². The Morgan fingerprint density at radius 3 is 2.47 bits per heavy atom. The number of hydrogen-bond donors (Lipinski definition) is 0. The highest BCUT2D eigenvalue weighted by Crippen LogP contribution is 2.41. The highest BCUT2D eigenvalue weighted by atomic mass is 32.2. The molecule has 0 unspecified atom stereocenters. The predicted molar refractivity (Wildman–Crippen MR) is 118 cm³/mol. The normalized spacial score (nSPS) is 18.2. The van der Waals surface area contributed by atoms with Gasteiger partial charge in [-0.05, 0) is 54.8 Å². The number of alkyl halides is 2. The minimum Gasteiger partial charge on any atom is -0.454 e. The van der Waals surface area contributed by atoms with Crippen molar-refractivity contribution in [3.63, 3.8) is 0 Å². The van der Waals surface area contributed by atoms with Crippen LogP contribution in [0.5, 0.6) is 23.0 Å². The smallest absolute Gasteiger partial charge is 0.454 e. The van der Waals surface area contributed by atoms with Crippen molar-refractivity contribution in [1.29, 1.82) is 0 Å². The third kappa shape index (κ3) is 5.00. The van der Waals surface area contributed by atoms with Crippen molar-refractivity contribution in [2.75, 3.05) is 19.3 Å². The molecule has 0 bridgehead atoms. The van der Waals surface area contributed by atoms with E-state index in [1.165, 1.54) is 18.2 Å². The van der Waals surface area contributed by atoms with Crippen LogP contribution in [0.3, 0.4) is 0 Å². The van der Waals surface area contributed by atoms with Crippen LogP contribution in [-0.2, 0) is 16.4 Å². The number of benzene rings is 2. The van der Waals surface area contributed by atoms with Gasteiger partial charge in [-0.25, -0.2) is 8.42 Å². The van der Waals surface area contributed by atoms with Crippen LogP contribution in [0.25, 0.3) is 0 Å². The zero-order valence-electron chi connectivity index (χ0n) is 18.4. The van der Waals surface area contributed by atoms with Gasteiger partial charge in [-0.3, -0.25) is 9.58 Å². The van der Waals surface area contributed by atoms with E-state index in [0.717, 1.165) is 37.8 Å². The lowest BCUT2D eigenvalue weighted by Crippen LogP contribution is -2.34. The van der Waals surface area contributed by atoms with E-state index in [-0.39, 0.29) is 22.4 Å². The lowest BCUT2D eigenvalue weighted by molar-refractivity contribution is -0.286. The SMILES string of the molecule is CS(=O)(=O)c1ccc(Oc2cnn(C3CCN(Cc4ccc5c(c4)OC(F)(F)O5)CC3)c2)cc1. The Morgan fingerprint density at radius 1 is 1.06 bits per heavy atom. The van der Waals surface area contributed by atoms with Crippen LogP contribution in [0.2, 0.25) is 0 Å². The molecular weight excluding hydrogens is 468 g/mol. The number of ether oxygens (including phenoxy) is 3. The molecule has 0 atom stereocenters. The Balaban J connectivity index is 1.15. The number of piperidine rings is 1. The number of hydrogen-bond acceptors (Lipinski definition) is 7. The molecule has 0 saturated carbocycles. The van der Waals surface area contributed by atoms with Crippen molar-refractivity contribution in [2.45, 2.75) is 36.6 Å². The summed E-state index contributed by atoms with van der Waals surface area (Å²) >= 11 is 0. The lowest BCUT2D eigenvalue weighted by atomic mass is 10.0. The van der Waals surface area contributed by atoms with Gasteiger partial charge in [-0.15, -0.1) is 8.78 Å². The molecule has 0 aliphatic carbocycles. The summed E-state index contributed by atoms with van der Waals surface area (Å²) in [4.78, 5) is 2.50. The van der Waals surface area contributed by atoms with Crippen molar-refractivity contribution in [3.8, 4) is 23.0 Å². The molecular formula is C23H23F2N3O5S. The van der Waals surface area contributed by atoms with Gasteiger partial charge >= 0.3 is 6.29 Å². The van der Waals surface area contributed by atoms with E-state index in [0.29, 0.717) is 18.0 Å². The largest absolute Gasteiger partial charge is 0.586 e. The van der Waals surface area contributed by atoms with Gasteiger partial charge in [0.05, 0.1) is 23.3 Å². The number of fused-ring (bicyclic) bond motifs is 1. The summed E-state index contributed by atoms with van der Waals surface area (Å²) in [6.07, 6.45) is 2.79. The fraction of sp³-hybridized carbons (Fsp3) is 0.348. The van der Waals surface area contributed by atoms with E-state index >= 15 is 0 Å². The van der Waals surface area contributed by atoms with Gasteiger partial charge in [0.1, 0.15) is 5.75 Å². The first kappa shape index (κ1) is 22.6. The maximum Gasteiger partial charge on any atom is 0.586 e. The molecule has 11 heteroatoms. The number of nitrogens with zero attached hydrogens (tertiary/aromatic N) is 3. The number of likely N-dealkylation sites (tertiary alicyclic amines) is 1. The van der Waals surface area contributed by atoms with Crippen LogP contribution >= 0.6 is 0 Å². The molecule has 0 radical (unpaired) electrons. The molecule has 1 fully saturated rings. The van der Waals surface area contributed by atoms with Gasteiger partial charge in [-0.2, -0.15) is 5.10 Å². The highest BCUT2D eigenvalue weighted by molar-refractivity contribution is 7.90. The van der Waals surface area contributed by atoms with Crippen molar-refractivity contribution >= 4 is 9.84 Å². The number of rotatable bonds is 6. The molecule has 0 N–H and O–H groups in total. The zero-order chi connectivity index (χ0) is 23.9. The third-order valence-corrected chi connectivity index (χ3v) is 7.00. The molecule has 1 aromatic heterocycles. The van der Waals surface area contributed by atoms with Crippen LogP contribution in [0, 0.1) is 0 Å². The zero-order valence-corrected chi connectivity index (χ0v) is 19.2. The van der Waals surface area contributed by atoms with E-state index in [9.17, 15) is 17.2 Å². The molecule has 180 valence electrons. The second-order valence-corrected chi connectivity index (χ2v) is 10.5. The van der Waals surface area contributed by atoms with Gasteiger partial charge in [0.2, 0.25) is 0 Å². The molecule has 34 heavy (non-hydrogen) atoms. The van der Waals surface area contributed by atoms with E-state index in [1.807, 2.05) is 10.9 Å². The highest BCUT2D eigenvalue weighted by Gasteiger charge is 2.43. The summed E-state index contributed by atoms with van der Waals surface area (Å²) in [6, 6.07) is 11.4. The van der Waals surface area contributed by atoms with E-state index in [4.69, 9.17) is 4.74 Å². The Labute approximate surface area is 195 Å². The number of aromatic nitrogens is 2. The topological polar surface area (TPSA) is 82.9 Å². The molecule has 2 aliphatic heterocycles. The second-order valence-electron chi connectivity index (χ2n) is 8.46. The Hall–Kier alpha value is -3.18. The number of sulfone groups is 1. The van der Waals surface area contributed by atoms with Crippen molar-refractivity contribution < 1.29 is 31.4 Å². The van der Waals surface area contributed by atoms with Gasteiger partial charge in [0, 0.05) is 25.9 Å². The molecule has 3 aromatic rings. The summed E-state index contributed by atoms with van der Waals surface area (Å²) < 4.78 is 66.3. The molecule has 0 amide bonds. The fourth-order valence-electron chi connectivity index (χ4n) is 4.16. The van der Waals surface area contributed by atoms with Gasteiger partial charge < -0.3 is 14.2 Å². The predicted octanol–water partition coefficient (Wildman–Crippen LogP) is 4.24. The van der Waals surface area contributed by atoms with Crippen molar-refractivity contribution in [3.05, 3.63) is 60.4 Å². The van der Waals surface area contributed by atoms with E-state index < -0.39 is 16.1 Å². The quantitative estimate of drug-likeness (QED) is 0.510. The van der Waals surface area contributed by atoms with Crippen LogP contribution in [0.15, 0.2) is 59.8 Å². The summed E-state index contributed by atoms with van der Waals surface area (Å²) in [5.74, 6) is 1.22. The first-order valence-corrected chi connectivity index (χ1v) is 12.7. The summed E-state index contributed by atoms with van der Waals surface area (Å²) in [5.41, 5.74) is 0.884. The lowest BCUT2D eigenvalue weighted by Gasteiger charge is -2.32. The minimum absolute atomic E-state index is 0.0514. The molecule has 5 rings (SSSR count). The first-order chi connectivity index (χ1) is 16.1.